The minimum Gasteiger partial charge on any atom is -0.267 e. The van der Waals surface area contributed by atoms with Crippen molar-refractivity contribution >= 4 is 23.0 Å². The molecule has 0 saturated heterocycles. The van der Waals surface area contributed by atoms with Crippen LogP contribution in [0.4, 0.5) is 0 Å². The molecule has 3 rings (SSSR count). The number of rotatable bonds is 1. The molecule has 17 heavy (non-hydrogen) atoms. The Balaban J connectivity index is 2.39. The van der Waals surface area contributed by atoms with Crippen LogP contribution in [0.25, 0.3) is 22.0 Å². The average Bonchev–Trinajstić information content (AvgIpc) is 2.41. The molecule has 3 aromatic rings. The molecule has 0 spiro atoms. The topological polar surface area (TPSA) is 54.5 Å². The fourth-order valence-electron chi connectivity index (χ4n) is 1.76. The van der Waals surface area contributed by atoms with Crippen molar-refractivity contribution in [2.24, 2.45) is 0 Å². The molecule has 2 heterocycles. The molecule has 82 valence electrons. The standard InChI is InChI=1S/C12H8N4S/c17-12-10-4-2-1-3-9(10)11(15-16-12)8-5-13-7-14-6-8/h1-7H,(H,16,17). The monoisotopic (exact) mass is 240 g/mol. The lowest BCUT2D eigenvalue weighted by molar-refractivity contribution is 1.04. The van der Waals surface area contributed by atoms with Gasteiger partial charge >= 0.3 is 0 Å². The normalized spacial score (nSPS) is 10.6. The molecule has 1 aromatic carbocycles. The molecule has 4 nitrogen and oxygen atoms in total. The van der Waals surface area contributed by atoms with Crippen molar-refractivity contribution in [3.8, 4) is 11.3 Å². The van der Waals surface area contributed by atoms with Gasteiger partial charge in [-0.1, -0.05) is 36.5 Å². The molecule has 0 aliphatic rings. The predicted octanol–water partition coefficient (Wildman–Crippen LogP) is 2.75. The Kier molecular flexibility index (Phi) is 2.38. The summed E-state index contributed by atoms with van der Waals surface area (Å²) in [6.07, 6.45) is 4.97. The minimum atomic E-state index is 0.640. The lowest BCUT2D eigenvalue weighted by atomic mass is 10.1. The van der Waals surface area contributed by atoms with E-state index in [1.165, 1.54) is 6.33 Å². The van der Waals surface area contributed by atoms with Gasteiger partial charge in [-0.25, -0.2) is 9.97 Å². The Morgan fingerprint density at radius 3 is 2.47 bits per heavy atom. The van der Waals surface area contributed by atoms with E-state index in [1.54, 1.807) is 12.4 Å². The van der Waals surface area contributed by atoms with E-state index in [1.807, 2.05) is 24.3 Å². The lowest BCUT2D eigenvalue weighted by Crippen LogP contribution is -1.92. The fraction of sp³-hybridized carbons (Fsp3) is 0. The highest BCUT2D eigenvalue weighted by atomic mass is 32.1. The molecule has 5 heteroatoms. The zero-order valence-corrected chi connectivity index (χ0v) is 9.61. The van der Waals surface area contributed by atoms with Gasteiger partial charge in [0.25, 0.3) is 0 Å². The second-order valence-electron chi connectivity index (χ2n) is 3.57. The number of nitrogens with one attached hydrogen (secondary N) is 1. The van der Waals surface area contributed by atoms with Gasteiger partial charge in [-0.3, -0.25) is 5.10 Å². The molecule has 0 atom stereocenters. The van der Waals surface area contributed by atoms with Gasteiger partial charge < -0.3 is 0 Å². The maximum absolute atomic E-state index is 5.21. The molecular weight excluding hydrogens is 232 g/mol. The van der Waals surface area contributed by atoms with E-state index in [0.717, 1.165) is 22.0 Å². The Labute approximate surface area is 102 Å². The van der Waals surface area contributed by atoms with Crippen molar-refractivity contribution in [2.75, 3.05) is 0 Å². The summed E-state index contributed by atoms with van der Waals surface area (Å²) in [5, 5.41) is 9.11. The maximum Gasteiger partial charge on any atom is 0.127 e. The van der Waals surface area contributed by atoms with Crippen molar-refractivity contribution in [2.45, 2.75) is 0 Å². The van der Waals surface area contributed by atoms with Gasteiger partial charge in [0.05, 0.1) is 0 Å². The molecule has 0 fully saturated rings. The number of aromatic amines is 1. The SMILES string of the molecule is S=c1[nH]nc(-c2cncnc2)c2ccccc12. The molecule has 0 amide bonds. The first-order valence-corrected chi connectivity index (χ1v) is 5.50. The molecule has 0 radical (unpaired) electrons. The van der Waals surface area contributed by atoms with Crippen molar-refractivity contribution in [3.63, 3.8) is 0 Å². The smallest absolute Gasteiger partial charge is 0.127 e. The fourth-order valence-corrected chi connectivity index (χ4v) is 1.98. The average molecular weight is 240 g/mol. The van der Waals surface area contributed by atoms with Crippen LogP contribution in [0.3, 0.4) is 0 Å². The van der Waals surface area contributed by atoms with Crippen LogP contribution in [0, 0.1) is 4.64 Å². The summed E-state index contributed by atoms with van der Waals surface area (Å²) in [4.78, 5) is 8.00. The van der Waals surface area contributed by atoms with Crippen LogP contribution in [0.2, 0.25) is 0 Å². The summed E-state index contributed by atoms with van der Waals surface area (Å²) in [7, 11) is 0. The van der Waals surface area contributed by atoms with E-state index >= 15 is 0 Å². The number of hydrogen-bond donors (Lipinski definition) is 1. The molecule has 1 N–H and O–H groups in total. The Morgan fingerprint density at radius 1 is 1.00 bits per heavy atom. The Morgan fingerprint density at radius 2 is 1.71 bits per heavy atom. The Bertz CT molecular complexity index is 721. The second-order valence-corrected chi connectivity index (χ2v) is 3.98. The first kappa shape index (κ1) is 10.0. The van der Waals surface area contributed by atoms with Gasteiger partial charge in [0.2, 0.25) is 0 Å². The number of fused-ring (bicyclic) bond motifs is 1. The van der Waals surface area contributed by atoms with Crippen molar-refractivity contribution < 1.29 is 0 Å². The van der Waals surface area contributed by atoms with Crippen molar-refractivity contribution in [1.29, 1.82) is 0 Å². The molecule has 0 aliphatic heterocycles. The van der Waals surface area contributed by atoms with Crippen LogP contribution in [-0.4, -0.2) is 20.2 Å². The molecular formula is C12H8N4S. The zero-order chi connectivity index (χ0) is 11.7. The van der Waals surface area contributed by atoms with Crippen molar-refractivity contribution in [3.05, 3.63) is 47.6 Å². The number of nitrogens with zero attached hydrogens (tertiary/aromatic N) is 3. The van der Waals surface area contributed by atoms with Gasteiger partial charge in [-0.2, -0.15) is 5.10 Å². The third kappa shape index (κ3) is 1.70. The second kappa shape index (κ2) is 4.03. The molecule has 0 saturated carbocycles. The predicted molar refractivity (Wildman–Crippen MR) is 68.0 cm³/mol. The minimum absolute atomic E-state index is 0.640. The molecule has 0 bridgehead atoms. The summed E-state index contributed by atoms with van der Waals surface area (Å²) in [6, 6.07) is 7.89. The van der Waals surface area contributed by atoms with E-state index in [0.29, 0.717) is 4.64 Å². The van der Waals surface area contributed by atoms with Crippen molar-refractivity contribution in [1.82, 2.24) is 20.2 Å². The summed E-state index contributed by atoms with van der Waals surface area (Å²) in [5.41, 5.74) is 1.68. The highest BCUT2D eigenvalue weighted by Gasteiger charge is 2.06. The summed E-state index contributed by atoms with van der Waals surface area (Å²) in [5.74, 6) is 0. The zero-order valence-electron chi connectivity index (χ0n) is 8.79. The van der Waals surface area contributed by atoms with Gasteiger partial charge in [-0.15, -0.1) is 0 Å². The molecule has 0 aliphatic carbocycles. The number of aromatic nitrogens is 4. The van der Waals surface area contributed by atoms with E-state index in [-0.39, 0.29) is 0 Å². The third-order valence-electron chi connectivity index (χ3n) is 2.53. The highest BCUT2D eigenvalue weighted by Crippen LogP contribution is 2.24. The highest BCUT2D eigenvalue weighted by molar-refractivity contribution is 7.71. The summed E-state index contributed by atoms with van der Waals surface area (Å²) < 4.78 is 0.640. The van der Waals surface area contributed by atoms with E-state index in [9.17, 15) is 0 Å². The number of benzene rings is 1. The van der Waals surface area contributed by atoms with Crippen LogP contribution in [0.1, 0.15) is 0 Å². The Hall–Kier alpha value is -2.14. The lowest BCUT2D eigenvalue weighted by Gasteiger charge is -2.04. The number of H-pyrrole nitrogens is 1. The van der Waals surface area contributed by atoms with Crippen LogP contribution in [-0.2, 0) is 0 Å². The van der Waals surface area contributed by atoms with Gasteiger partial charge in [-0.05, 0) is 0 Å². The van der Waals surface area contributed by atoms with Gasteiger partial charge in [0.15, 0.2) is 0 Å². The largest absolute Gasteiger partial charge is 0.267 e. The number of hydrogen-bond acceptors (Lipinski definition) is 4. The van der Waals surface area contributed by atoms with Crippen LogP contribution < -0.4 is 0 Å². The van der Waals surface area contributed by atoms with E-state index in [4.69, 9.17) is 12.2 Å². The van der Waals surface area contributed by atoms with Gasteiger partial charge in [0.1, 0.15) is 16.7 Å². The van der Waals surface area contributed by atoms with Crippen LogP contribution in [0.5, 0.6) is 0 Å². The molecule has 0 unspecified atom stereocenters. The summed E-state index contributed by atoms with van der Waals surface area (Å²) >= 11 is 5.21. The maximum atomic E-state index is 5.21. The van der Waals surface area contributed by atoms with E-state index in [2.05, 4.69) is 20.2 Å². The first-order chi connectivity index (χ1) is 8.36. The van der Waals surface area contributed by atoms with E-state index < -0.39 is 0 Å². The summed E-state index contributed by atoms with van der Waals surface area (Å²) in [6.45, 7) is 0. The first-order valence-electron chi connectivity index (χ1n) is 5.09. The van der Waals surface area contributed by atoms with Gasteiger partial charge in [0, 0.05) is 28.7 Å². The van der Waals surface area contributed by atoms with Crippen LogP contribution >= 0.6 is 12.2 Å². The van der Waals surface area contributed by atoms with Crippen LogP contribution in [0.15, 0.2) is 43.0 Å². The third-order valence-corrected chi connectivity index (χ3v) is 2.84. The molecule has 2 aromatic heterocycles. The quantitative estimate of drug-likeness (QED) is 0.664.